The molecule has 1 heterocycles. The van der Waals surface area contributed by atoms with Crippen LogP contribution >= 0.6 is 0 Å². The van der Waals surface area contributed by atoms with Crippen molar-refractivity contribution in [1.82, 2.24) is 4.98 Å². The SMILES string of the molecule is COCCCN(CCOC)c1nc(C)ccc1N. The first-order valence-electron chi connectivity index (χ1n) is 6.15. The van der Waals surface area contributed by atoms with Crippen LogP contribution < -0.4 is 10.6 Å². The molecule has 0 aliphatic heterocycles. The van der Waals surface area contributed by atoms with Crippen molar-refractivity contribution in [1.29, 1.82) is 0 Å². The molecule has 0 spiro atoms. The Morgan fingerprint density at radius 1 is 1.17 bits per heavy atom. The second-order valence-corrected chi connectivity index (χ2v) is 4.19. The maximum atomic E-state index is 5.99. The van der Waals surface area contributed by atoms with Crippen LogP contribution in [0.2, 0.25) is 0 Å². The summed E-state index contributed by atoms with van der Waals surface area (Å²) in [6.45, 7) is 4.99. The summed E-state index contributed by atoms with van der Waals surface area (Å²) in [6, 6.07) is 3.82. The Kier molecular flexibility index (Phi) is 6.46. The molecular weight excluding hydrogens is 230 g/mol. The number of nitrogens with zero attached hydrogens (tertiary/aromatic N) is 2. The first kappa shape index (κ1) is 14.7. The van der Waals surface area contributed by atoms with Crippen molar-refractivity contribution in [3.05, 3.63) is 17.8 Å². The van der Waals surface area contributed by atoms with Crippen LogP contribution in [0.5, 0.6) is 0 Å². The van der Waals surface area contributed by atoms with Gasteiger partial charge in [-0.3, -0.25) is 0 Å². The number of hydrogen-bond acceptors (Lipinski definition) is 5. The highest BCUT2D eigenvalue weighted by molar-refractivity contribution is 5.62. The standard InChI is InChI=1S/C13H23N3O2/c1-11-5-6-12(14)13(15-11)16(8-10-18-3)7-4-9-17-2/h5-6H,4,7-10,14H2,1-3H3. The monoisotopic (exact) mass is 253 g/mol. The molecule has 18 heavy (non-hydrogen) atoms. The Labute approximate surface area is 109 Å². The van der Waals surface area contributed by atoms with Crippen LogP contribution in [0.15, 0.2) is 12.1 Å². The zero-order valence-corrected chi connectivity index (χ0v) is 11.5. The predicted molar refractivity (Wildman–Crippen MR) is 74.0 cm³/mol. The van der Waals surface area contributed by atoms with Crippen molar-refractivity contribution in [2.24, 2.45) is 0 Å². The van der Waals surface area contributed by atoms with Gasteiger partial charge in [-0.25, -0.2) is 4.98 Å². The third-order valence-corrected chi connectivity index (χ3v) is 2.69. The number of aromatic nitrogens is 1. The number of hydrogen-bond donors (Lipinski definition) is 1. The topological polar surface area (TPSA) is 60.6 Å². The molecule has 0 amide bonds. The molecule has 0 saturated carbocycles. The molecule has 102 valence electrons. The van der Waals surface area contributed by atoms with E-state index in [4.69, 9.17) is 15.2 Å². The molecule has 0 fully saturated rings. The molecule has 0 unspecified atom stereocenters. The highest BCUT2D eigenvalue weighted by Crippen LogP contribution is 2.20. The van der Waals surface area contributed by atoms with Gasteiger partial charge >= 0.3 is 0 Å². The van der Waals surface area contributed by atoms with E-state index in [0.717, 1.165) is 37.6 Å². The van der Waals surface area contributed by atoms with E-state index in [9.17, 15) is 0 Å². The van der Waals surface area contributed by atoms with Gasteiger partial charge < -0.3 is 20.1 Å². The van der Waals surface area contributed by atoms with Crippen molar-refractivity contribution < 1.29 is 9.47 Å². The number of rotatable bonds is 8. The van der Waals surface area contributed by atoms with E-state index >= 15 is 0 Å². The van der Waals surface area contributed by atoms with E-state index in [1.807, 2.05) is 19.1 Å². The second kappa shape index (κ2) is 7.89. The molecule has 1 rings (SSSR count). The third-order valence-electron chi connectivity index (χ3n) is 2.69. The molecule has 1 aromatic rings. The number of ether oxygens (including phenoxy) is 2. The zero-order valence-electron chi connectivity index (χ0n) is 11.5. The van der Waals surface area contributed by atoms with E-state index < -0.39 is 0 Å². The van der Waals surface area contributed by atoms with E-state index in [1.165, 1.54) is 0 Å². The van der Waals surface area contributed by atoms with Crippen LogP contribution in [0.3, 0.4) is 0 Å². The molecule has 2 N–H and O–H groups in total. The van der Waals surface area contributed by atoms with Gasteiger partial charge in [-0.05, 0) is 25.5 Å². The van der Waals surface area contributed by atoms with Gasteiger partial charge in [0.1, 0.15) is 0 Å². The molecular formula is C13H23N3O2. The van der Waals surface area contributed by atoms with Crippen LogP contribution in [-0.4, -0.2) is 45.5 Å². The first-order chi connectivity index (χ1) is 8.69. The van der Waals surface area contributed by atoms with Crippen molar-refractivity contribution in [2.45, 2.75) is 13.3 Å². The fourth-order valence-corrected chi connectivity index (χ4v) is 1.73. The summed E-state index contributed by atoms with van der Waals surface area (Å²) in [6.07, 6.45) is 0.940. The number of nitrogen functional groups attached to an aromatic ring is 1. The number of nitrogens with two attached hydrogens (primary N) is 1. The molecule has 0 aromatic carbocycles. The molecule has 5 heteroatoms. The van der Waals surface area contributed by atoms with Crippen molar-refractivity contribution in [3.8, 4) is 0 Å². The van der Waals surface area contributed by atoms with Crippen molar-refractivity contribution >= 4 is 11.5 Å². The average Bonchev–Trinajstić information content (AvgIpc) is 2.37. The Balaban J connectivity index is 2.75. The summed E-state index contributed by atoms with van der Waals surface area (Å²) in [4.78, 5) is 6.65. The number of aryl methyl sites for hydroxylation is 1. The Bertz CT molecular complexity index is 358. The van der Waals surface area contributed by atoms with Gasteiger partial charge in [0.15, 0.2) is 5.82 Å². The molecule has 0 bridgehead atoms. The van der Waals surface area contributed by atoms with E-state index in [-0.39, 0.29) is 0 Å². The predicted octanol–water partition coefficient (Wildman–Crippen LogP) is 1.46. The van der Waals surface area contributed by atoms with Gasteiger partial charge in [-0.15, -0.1) is 0 Å². The minimum absolute atomic E-state index is 0.655. The summed E-state index contributed by atoms with van der Waals surface area (Å²) in [5.41, 5.74) is 7.66. The highest BCUT2D eigenvalue weighted by atomic mass is 16.5. The number of methoxy groups -OCH3 is 2. The minimum atomic E-state index is 0.655. The maximum absolute atomic E-state index is 5.99. The Morgan fingerprint density at radius 3 is 2.56 bits per heavy atom. The first-order valence-corrected chi connectivity index (χ1v) is 6.15. The van der Waals surface area contributed by atoms with Gasteiger partial charge in [0, 0.05) is 39.6 Å². The summed E-state index contributed by atoms with van der Waals surface area (Å²) in [7, 11) is 3.40. The summed E-state index contributed by atoms with van der Waals surface area (Å²) in [5.74, 6) is 0.836. The van der Waals surface area contributed by atoms with Crippen LogP contribution in [0, 0.1) is 6.92 Å². The van der Waals surface area contributed by atoms with E-state index in [2.05, 4.69) is 9.88 Å². The van der Waals surface area contributed by atoms with Crippen LogP contribution in [-0.2, 0) is 9.47 Å². The van der Waals surface area contributed by atoms with Crippen molar-refractivity contribution in [2.75, 3.05) is 51.2 Å². The molecule has 0 aliphatic rings. The fourth-order valence-electron chi connectivity index (χ4n) is 1.73. The van der Waals surface area contributed by atoms with Crippen LogP contribution in [0.25, 0.3) is 0 Å². The number of pyridine rings is 1. The Hall–Kier alpha value is -1.33. The fraction of sp³-hybridized carbons (Fsp3) is 0.615. The smallest absolute Gasteiger partial charge is 0.152 e. The molecule has 0 radical (unpaired) electrons. The lowest BCUT2D eigenvalue weighted by Gasteiger charge is -2.24. The number of anilines is 2. The molecule has 5 nitrogen and oxygen atoms in total. The lowest BCUT2D eigenvalue weighted by Crippen LogP contribution is -2.30. The molecule has 0 atom stereocenters. The van der Waals surface area contributed by atoms with Gasteiger partial charge in [0.2, 0.25) is 0 Å². The maximum Gasteiger partial charge on any atom is 0.152 e. The van der Waals surface area contributed by atoms with Gasteiger partial charge in [-0.2, -0.15) is 0 Å². The molecule has 0 saturated heterocycles. The quantitative estimate of drug-likeness (QED) is 0.711. The van der Waals surface area contributed by atoms with Gasteiger partial charge in [0.05, 0.1) is 12.3 Å². The molecule has 0 aliphatic carbocycles. The molecule has 1 aromatic heterocycles. The van der Waals surface area contributed by atoms with E-state index in [1.54, 1.807) is 14.2 Å². The average molecular weight is 253 g/mol. The second-order valence-electron chi connectivity index (χ2n) is 4.19. The summed E-state index contributed by atoms with van der Waals surface area (Å²) < 4.78 is 10.2. The summed E-state index contributed by atoms with van der Waals surface area (Å²) >= 11 is 0. The lowest BCUT2D eigenvalue weighted by atomic mass is 10.3. The minimum Gasteiger partial charge on any atom is -0.396 e. The van der Waals surface area contributed by atoms with E-state index in [0.29, 0.717) is 12.3 Å². The van der Waals surface area contributed by atoms with Crippen LogP contribution in [0.1, 0.15) is 12.1 Å². The van der Waals surface area contributed by atoms with Gasteiger partial charge in [0.25, 0.3) is 0 Å². The van der Waals surface area contributed by atoms with Gasteiger partial charge in [-0.1, -0.05) is 0 Å². The Morgan fingerprint density at radius 2 is 1.89 bits per heavy atom. The van der Waals surface area contributed by atoms with Crippen LogP contribution in [0.4, 0.5) is 11.5 Å². The van der Waals surface area contributed by atoms with Crippen molar-refractivity contribution in [3.63, 3.8) is 0 Å². The lowest BCUT2D eigenvalue weighted by molar-refractivity contribution is 0.191. The highest BCUT2D eigenvalue weighted by Gasteiger charge is 2.11. The largest absolute Gasteiger partial charge is 0.396 e. The third kappa shape index (κ3) is 4.50. The normalized spacial score (nSPS) is 10.6. The zero-order chi connectivity index (χ0) is 13.4. The summed E-state index contributed by atoms with van der Waals surface area (Å²) in [5, 5.41) is 0.